The molecule has 0 aromatic heterocycles. The minimum Gasteiger partial charge on any atom is -0.368 e. The molecule has 3 aliphatic rings. The van der Waals surface area contributed by atoms with Crippen LogP contribution in [0.15, 0.2) is 30.3 Å². The quantitative estimate of drug-likeness (QED) is 0.882. The highest BCUT2D eigenvalue weighted by Gasteiger charge is 2.39. The van der Waals surface area contributed by atoms with Gasteiger partial charge in [-0.1, -0.05) is 36.8 Å². The van der Waals surface area contributed by atoms with Gasteiger partial charge in [-0.05, 0) is 31.2 Å². The number of hydrogen-bond donors (Lipinski definition) is 1. The molecular formula is C21H29N3O3. The van der Waals surface area contributed by atoms with Crippen LogP contribution < -0.4 is 5.32 Å². The van der Waals surface area contributed by atoms with Gasteiger partial charge in [-0.25, -0.2) is 4.79 Å². The van der Waals surface area contributed by atoms with E-state index in [2.05, 4.69) is 29.6 Å². The van der Waals surface area contributed by atoms with Gasteiger partial charge in [0.05, 0.1) is 0 Å². The predicted octanol–water partition coefficient (Wildman–Crippen LogP) is 2.14. The number of benzene rings is 1. The van der Waals surface area contributed by atoms with Crippen molar-refractivity contribution in [2.75, 3.05) is 39.3 Å². The maximum absolute atomic E-state index is 12.6. The van der Waals surface area contributed by atoms with Gasteiger partial charge in [0.15, 0.2) is 0 Å². The Labute approximate surface area is 160 Å². The van der Waals surface area contributed by atoms with Crippen molar-refractivity contribution in [1.29, 1.82) is 0 Å². The molecule has 2 saturated heterocycles. The van der Waals surface area contributed by atoms with E-state index in [0.717, 1.165) is 25.7 Å². The Morgan fingerprint density at radius 2 is 1.74 bits per heavy atom. The Kier molecular flexibility index (Phi) is 5.34. The number of nitrogens with zero attached hydrogens (tertiary/aromatic N) is 2. The summed E-state index contributed by atoms with van der Waals surface area (Å²) in [4.78, 5) is 28.7. The van der Waals surface area contributed by atoms with Gasteiger partial charge in [-0.2, -0.15) is 0 Å². The van der Waals surface area contributed by atoms with Crippen molar-refractivity contribution in [2.45, 2.75) is 43.6 Å². The molecule has 0 spiro atoms. The zero-order valence-corrected chi connectivity index (χ0v) is 15.9. The molecule has 27 heavy (non-hydrogen) atoms. The summed E-state index contributed by atoms with van der Waals surface area (Å²) in [6, 6.07) is 10.5. The topological polar surface area (TPSA) is 61.9 Å². The third kappa shape index (κ3) is 3.81. The maximum atomic E-state index is 12.6. The lowest BCUT2D eigenvalue weighted by Crippen LogP contribution is -2.56. The molecule has 4 rings (SSSR count). The Morgan fingerprint density at radius 3 is 2.33 bits per heavy atom. The third-order valence-corrected chi connectivity index (χ3v) is 6.36. The van der Waals surface area contributed by atoms with Gasteiger partial charge in [0, 0.05) is 44.7 Å². The van der Waals surface area contributed by atoms with E-state index in [1.165, 1.54) is 12.0 Å². The van der Waals surface area contributed by atoms with Crippen LogP contribution in [0.5, 0.6) is 0 Å². The summed E-state index contributed by atoms with van der Waals surface area (Å²) in [5.41, 5.74) is 1.41. The summed E-state index contributed by atoms with van der Waals surface area (Å²) in [5.74, 6) is 0.0880. The minimum absolute atomic E-state index is 0.0126. The molecule has 1 aliphatic carbocycles. The summed E-state index contributed by atoms with van der Waals surface area (Å²) in [6.45, 7) is 3.73. The standard InChI is InChI=1S/C21H29N3O3/c25-19(18-8-4-15-27-18)23-11-13-24(14-12-23)20(26)22-16-21(9-5-10-21)17-6-2-1-3-7-17/h1-3,6-7,18H,4-5,8-16H2,(H,22,26). The molecule has 2 aliphatic heterocycles. The summed E-state index contributed by atoms with van der Waals surface area (Å²) < 4.78 is 5.49. The Hall–Kier alpha value is -2.08. The highest BCUT2D eigenvalue weighted by Crippen LogP contribution is 2.43. The van der Waals surface area contributed by atoms with Crippen molar-refractivity contribution in [1.82, 2.24) is 15.1 Å². The summed E-state index contributed by atoms with van der Waals surface area (Å²) in [5, 5.41) is 3.15. The molecule has 146 valence electrons. The van der Waals surface area contributed by atoms with Gasteiger partial charge in [0.25, 0.3) is 5.91 Å². The first-order valence-electron chi connectivity index (χ1n) is 10.2. The molecule has 1 aromatic rings. The first-order chi connectivity index (χ1) is 13.2. The van der Waals surface area contributed by atoms with Crippen LogP contribution in [0.1, 0.15) is 37.7 Å². The molecule has 0 radical (unpaired) electrons. The largest absolute Gasteiger partial charge is 0.368 e. The molecule has 1 N–H and O–H groups in total. The number of ether oxygens (including phenoxy) is 1. The lowest BCUT2D eigenvalue weighted by molar-refractivity contribution is -0.142. The molecule has 1 unspecified atom stereocenters. The van der Waals surface area contributed by atoms with Crippen molar-refractivity contribution in [3.05, 3.63) is 35.9 Å². The second-order valence-corrected chi connectivity index (χ2v) is 7.97. The number of amides is 3. The fourth-order valence-corrected chi connectivity index (χ4v) is 4.43. The summed E-state index contributed by atoms with van der Waals surface area (Å²) in [7, 11) is 0. The van der Waals surface area contributed by atoms with Crippen LogP contribution in [0, 0.1) is 0 Å². The van der Waals surface area contributed by atoms with Crippen LogP contribution in [0.4, 0.5) is 4.79 Å². The van der Waals surface area contributed by atoms with E-state index in [0.29, 0.717) is 39.3 Å². The van der Waals surface area contributed by atoms with E-state index in [1.807, 2.05) is 15.9 Å². The monoisotopic (exact) mass is 371 g/mol. The second-order valence-electron chi connectivity index (χ2n) is 7.97. The average Bonchev–Trinajstić information content (AvgIpc) is 3.22. The van der Waals surface area contributed by atoms with Crippen LogP contribution in [0.25, 0.3) is 0 Å². The van der Waals surface area contributed by atoms with E-state index < -0.39 is 0 Å². The second kappa shape index (κ2) is 7.89. The van der Waals surface area contributed by atoms with Crippen molar-refractivity contribution in [3.63, 3.8) is 0 Å². The number of piperazine rings is 1. The number of carbonyl (C=O) groups excluding carboxylic acids is 2. The van der Waals surface area contributed by atoms with Crippen LogP contribution in [0.2, 0.25) is 0 Å². The van der Waals surface area contributed by atoms with Crippen LogP contribution in [-0.4, -0.2) is 67.2 Å². The Morgan fingerprint density at radius 1 is 1.04 bits per heavy atom. The van der Waals surface area contributed by atoms with E-state index in [9.17, 15) is 9.59 Å². The van der Waals surface area contributed by atoms with Gasteiger partial charge in [0.2, 0.25) is 0 Å². The van der Waals surface area contributed by atoms with Crippen molar-refractivity contribution >= 4 is 11.9 Å². The van der Waals surface area contributed by atoms with Gasteiger partial charge in [0.1, 0.15) is 6.10 Å². The van der Waals surface area contributed by atoms with E-state index in [1.54, 1.807) is 0 Å². The normalized spacial score (nSPS) is 24.4. The highest BCUT2D eigenvalue weighted by atomic mass is 16.5. The van der Waals surface area contributed by atoms with Crippen molar-refractivity contribution < 1.29 is 14.3 Å². The molecule has 0 bridgehead atoms. The molecule has 3 amide bonds. The lowest BCUT2D eigenvalue weighted by Gasteiger charge is -2.43. The number of nitrogens with one attached hydrogen (secondary N) is 1. The first kappa shape index (κ1) is 18.3. The molecule has 3 fully saturated rings. The average molecular weight is 371 g/mol. The Balaban J connectivity index is 1.27. The number of urea groups is 1. The minimum atomic E-state index is -0.269. The Bertz CT molecular complexity index is 661. The summed E-state index contributed by atoms with van der Waals surface area (Å²) in [6.07, 6.45) is 4.98. The summed E-state index contributed by atoms with van der Waals surface area (Å²) >= 11 is 0. The zero-order chi connectivity index (χ0) is 18.7. The molecule has 6 heteroatoms. The van der Waals surface area contributed by atoms with Crippen molar-refractivity contribution in [3.8, 4) is 0 Å². The predicted molar refractivity (Wildman–Crippen MR) is 102 cm³/mol. The number of carbonyl (C=O) groups is 2. The molecule has 2 heterocycles. The first-order valence-corrected chi connectivity index (χ1v) is 10.2. The zero-order valence-electron chi connectivity index (χ0n) is 15.9. The molecule has 1 atom stereocenters. The molecule has 1 aromatic carbocycles. The van der Waals surface area contributed by atoms with Gasteiger partial charge in [-0.15, -0.1) is 0 Å². The lowest BCUT2D eigenvalue weighted by atomic mass is 9.64. The van der Waals surface area contributed by atoms with Gasteiger partial charge < -0.3 is 19.9 Å². The van der Waals surface area contributed by atoms with Crippen LogP contribution in [0.3, 0.4) is 0 Å². The van der Waals surface area contributed by atoms with Crippen molar-refractivity contribution in [2.24, 2.45) is 0 Å². The third-order valence-electron chi connectivity index (χ3n) is 6.36. The highest BCUT2D eigenvalue weighted by molar-refractivity contribution is 5.81. The molecular weight excluding hydrogens is 342 g/mol. The molecule has 6 nitrogen and oxygen atoms in total. The van der Waals surface area contributed by atoms with Gasteiger partial charge >= 0.3 is 6.03 Å². The fourth-order valence-electron chi connectivity index (χ4n) is 4.43. The SMILES string of the molecule is O=C(NCC1(c2ccccc2)CCC1)N1CCN(C(=O)C2CCCO2)CC1. The van der Waals surface area contributed by atoms with E-state index in [4.69, 9.17) is 4.74 Å². The maximum Gasteiger partial charge on any atom is 0.317 e. The van der Waals surface area contributed by atoms with Crippen LogP contribution in [-0.2, 0) is 14.9 Å². The van der Waals surface area contributed by atoms with Crippen LogP contribution >= 0.6 is 0 Å². The number of rotatable bonds is 4. The van der Waals surface area contributed by atoms with E-state index in [-0.39, 0.29) is 23.5 Å². The number of hydrogen-bond acceptors (Lipinski definition) is 3. The smallest absolute Gasteiger partial charge is 0.317 e. The van der Waals surface area contributed by atoms with E-state index >= 15 is 0 Å². The van der Waals surface area contributed by atoms with Gasteiger partial charge in [-0.3, -0.25) is 4.79 Å². The molecule has 1 saturated carbocycles. The fraction of sp³-hybridized carbons (Fsp3) is 0.619.